The zero-order valence-corrected chi connectivity index (χ0v) is 13.4. The number of halogens is 2. The van der Waals surface area contributed by atoms with E-state index in [0.717, 1.165) is 24.7 Å². The van der Waals surface area contributed by atoms with Crippen LogP contribution in [0, 0.1) is 30.5 Å². The summed E-state index contributed by atoms with van der Waals surface area (Å²) >= 11 is 6.15. The van der Waals surface area contributed by atoms with Gasteiger partial charge in [-0.3, -0.25) is 0 Å². The number of rotatable bonds is 2. The second-order valence-electron chi connectivity index (χ2n) is 6.95. The molecular formula is C18H24ClFO. The molecule has 0 aromatic heterocycles. The Morgan fingerprint density at radius 1 is 1.14 bits per heavy atom. The molecule has 4 atom stereocenters. The summed E-state index contributed by atoms with van der Waals surface area (Å²) in [5.41, 5.74) is 1.26. The molecule has 0 aliphatic heterocycles. The molecule has 0 bridgehead atoms. The summed E-state index contributed by atoms with van der Waals surface area (Å²) in [5.74, 6) is 1.61. The van der Waals surface area contributed by atoms with Crippen molar-refractivity contribution in [1.29, 1.82) is 0 Å². The Labute approximate surface area is 131 Å². The molecule has 0 saturated heterocycles. The summed E-state index contributed by atoms with van der Waals surface area (Å²) in [6, 6.07) is 3.05. The van der Waals surface area contributed by atoms with Crippen molar-refractivity contribution >= 4 is 11.6 Å². The minimum atomic E-state index is -0.556. The van der Waals surface area contributed by atoms with E-state index in [9.17, 15) is 9.50 Å². The zero-order chi connectivity index (χ0) is 15.0. The molecule has 1 aromatic rings. The first-order chi connectivity index (χ1) is 10.1. The van der Waals surface area contributed by atoms with Gasteiger partial charge >= 0.3 is 0 Å². The van der Waals surface area contributed by atoms with E-state index < -0.39 is 6.10 Å². The van der Waals surface area contributed by atoms with Crippen LogP contribution in [0.5, 0.6) is 0 Å². The summed E-state index contributed by atoms with van der Waals surface area (Å²) in [7, 11) is 0. The molecule has 1 aromatic carbocycles. The van der Waals surface area contributed by atoms with E-state index in [1.54, 1.807) is 13.0 Å². The average Bonchev–Trinajstić information content (AvgIpc) is 2.50. The Bertz CT molecular complexity index is 516. The fourth-order valence-electron chi connectivity index (χ4n) is 4.36. The van der Waals surface area contributed by atoms with E-state index in [0.29, 0.717) is 16.1 Å². The van der Waals surface area contributed by atoms with Crippen LogP contribution in [0.3, 0.4) is 0 Å². The predicted molar refractivity (Wildman–Crippen MR) is 83.9 cm³/mol. The molecule has 3 heteroatoms. The van der Waals surface area contributed by atoms with Gasteiger partial charge in [0.15, 0.2) is 0 Å². The van der Waals surface area contributed by atoms with Gasteiger partial charge in [-0.2, -0.15) is 0 Å². The van der Waals surface area contributed by atoms with Crippen LogP contribution in [0.15, 0.2) is 12.1 Å². The fourth-order valence-corrected chi connectivity index (χ4v) is 4.62. The van der Waals surface area contributed by atoms with Crippen molar-refractivity contribution in [3.63, 3.8) is 0 Å². The van der Waals surface area contributed by atoms with Crippen molar-refractivity contribution in [1.82, 2.24) is 0 Å². The molecule has 2 aliphatic carbocycles. The van der Waals surface area contributed by atoms with E-state index in [4.69, 9.17) is 11.6 Å². The highest BCUT2D eigenvalue weighted by Crippen LogP contribution is 2.46. The third-order valence-electron chi connectivity index (χ3n) is 5.62. The second kappa shape index (κ2) is 6.26. The van der Waals surface area contributed by atoms with Gasteiger partial charge in [0.05, 0.1) is 6.10 Å². The van der Waals surface area contributed by atoms with Gasteiger partial charge in [0, 0.05) is 5.02 Å². The minimum absolute atomic E-state index is 0.270. The molecule has 2 aliphatic rings. The topological polar surface area (TPSA) is 20.2 Å². The lowest BCUT2D eigenvalue weighted by atomic mass is 9.66. The minimum Gasteiger partial charge on any atom is -0.388 e. The highest BCUT2D eigenvalue weighted by molar-refractivity contribution is 6.31. The van der Waals surface area contributed by atoms with Gasteiger partial charge in [0.25, 0.3) is 0 Å². The number of fused-ring (bicyclic) bond motifs is 1. The van der Waals surface area contributed by atoms with Gasteiger partial charge in [0.2, 0.25) is 0 Å². The lowest BCUT2D eigenvalue weighted by Crippen LogP contribution is -2.30. The Morgan fingerprint density at radius 2 is 1.86 bits per heavy atom. The molecule has 1 N–H and O–H groups in total. The predicted octanol–water partition coefficient (Wildman–Crippen LogP) is 5.43. The standard InChI is InChI=1S/C18H24ClFO/c1-11-8-15(16(19)10-17(11)20)18(21)14-7-6-12-4-2-3-5-13(12)9-14/h8,10,12-14,18,21H,2-7,9H2,1H3. The third kappa shape index (κ3) is 3.12. The Balaban J connectivity index is 1.76. The number of aliphatic hydroxyl groups excluding tert-OH is 1. The molecule has 116 valence electrons. The second-order valence-corrected chi connectivity index (χ2v) is 7.35. The van der Waals surface area contributed by atoms with Gasteiger partial charge in [-0.1, -0.05) is 37.3 Å². The maximum atomic E-state index is 13.5. The van der Waals surface area contributed by atoms with Crippen molar-refractivity contribution in [2.75, 3.05) is 0 Å². The van der Waals surface area contributed by atoms with Crippen LogP contribution in [-0.4, -0.2) is 5.11 Å². The lowest BCUT2D eigenvalue weighted by molar-refractivity contribution is 0.0349. The molecule has 4 unspecified atom stereocenters. The molecule has 0 radical (unpaired) electrons. The Hall–Kier alpha value is -0.600. The summed E-state index contributed by atoms with van der Waals surface area (Å²) in [5, 5.41) is 11.1. The molecule has 3 rings (SSSR count). The molecule has 2 fully saturated rings. The van der Waals surface area contributed by atoms with Gasteiger partial charge < -0.3 is 5.11 Å². The number of hydrogen-bond acceptors (Lipinski definition) is 1. The smallest absolute Gasteiger partial charge is 0.127 e. The van der Waals surface area contributed by atoms with Crippen LogP contribution in [-0.2, 0) is 0 Å². The van der Waals surface area contributed by atoms with Gasteiger partial charge in [-0.15, -0.1) is 0 Å². The number of benzene rings is 1. The highest BCUT2D eigenvalue weighted by atomic mass is 35.5. The van der Waals surface area contributed by atoms with Crippen molar-refractivity contribution in [3.05, 3.63) is 34.1 Å². The summed E-state index contributed by atoms with van der Waals surface area (Å²) in [6.45, 7) is 1.72. The van der Waals surface area contributed by atoms with Crippen LogP contribution in [0.2, 0.25) is 5.02 Å². The summed E-state index contributed by atoms with van der Waals surface area (Å²) in [4.78, 5) is 0. The molecule has 0 spiro atoms. The van der Waals surface area contributed by atoms with Crippen molar-refractivity contribution in [2.24, 2.45) is 17.8 Å². The van der Waals surface area contributed by atoms with Crippen LogP contribution in [0.4, 0.5) is 4.39 Å². The van der Waals surface area contributed by atoms with Crippen LogP contribution in [0.25, 0.3) is 0 Å². The maximum absolute atomic E-state index is 13.5. The molecule has 0 heterocycles. The zero-order valence-electron chi connectivity index (χ0n) is 12.6. The van der Waals surface area contributed by atoms with Crippen molar-refractivity contribution < 1.29 is 9.50 Å². The Kier molecular flexibility index (Phi) is 4.56. The Morgan fingerprint density at radius 3 is 2.62 bits per heavy atom. The largest absolute Gasteiger partial charge is 0.388 e. The van der Waals surface area contributed by atoms with E-state index in [1.807, 2.05) is 0 Å². The number of aliphatic hydroxyl groups is 1. The monoisotopic (exact) mass is 310 g/mol. The van der Waals surface area contributed by atoms with Gasteiger partial charge in [0.1, 0.15) is 5.82 Å². The third-order valence-corrected chi connectivity index (χ3v) is 5.95. The SMILES string of the molecule is Cc1cc(C(O)C2CCC3CCCCC3C2)c(Cl)cc1F. The average molecular weight is 311 g/mol. The first kappa shape index (κ1) is 15.3. The van der Waals surface area contributed by atoms with E-state index in [-0.39, 0.29) is 11.7 Å². The van der Waals surface area contributed by atoms with Gasteiger partial charge in [-0.05, 0) is 67.2 Å². The first-order valence-corrected chi connectivity index (χ1v) is 8.57. The normalized spacial score (nSPS) is 30.8. The molecule has 0 amide bonds. The molecular weight excluding hydrogens is 287 g/mol. The molecule has 1 nitrogen and oxygen atoms in total. The first-order valence-electron chi connectivity index (χ1n) is 8.20. The number of aryl methyl sites for hydroxylation is 1. The van der Waals surface area contributed by atoms with Crippen LogP contribution < -0.4 is 0 Å². The quantitative estimate of drug-likeness (QED) is 0.772. The van der Waals surface area contributed by atoms with Crippen LogP contribution >= 0.6 is 11.6 Å². The lowest BCUT2D eigenvalue weighted by Gasteiger charge is -2.41. The summed E-state index contributed by atoms with van der Waals surface area (Å²) < 4.78 is 13.5. The van der Waals surface area contributed by atoms with Gasteiger partial charge in [-0.25, -0.2) is 4.39 Å². The summed E-state index contributed by atoms with van der Waals surface area (Å²) in [6.07, 6.45) is 8.21. The molecule has 2 saturated carbocycles. The fraction of sp³-hybridized carbons (Fsp3) is 0.667. The van der Waals surface area contributed by atoms with E-state index in [1.165, 1.54) is 38.2 Å². The van der Waals surface area contributed by atoms with Crippen molar-refractivity contribution in [2.45, 2.75) is 58.0 Å². The van der Waals surface area contributed by atoms with Crippen LogP contribution in [0.1, 0.15) is 62.2 Å². The number of hydrogen-bond donors (Lipinski definition) is 1. The highest BCUT2D eigenvalue weighted by Gasteiger charge is 2.35. The van der Waals surface area contributed by atoms with E-state index in [2.05, 4.69) is 0 Å². The van der Waals surface area contributed by atoms with E-state index >= 15 is 0 Å². The maximum Gasteiger partial charge on any atom is 0.127 e. The molecule has 21 heavy (non-hydrogen) atoms. The van der Waals surface area contributed by atoms with Crippen molar-refractivity contribution in [3.8, 4) is 0 Å².